The fourth-order valence-corrected chi connectivity index (χ4v) is 2.92. The fourth-order valence-electron chi connectivity index (χ4n) is 2.71. The highest BCUT2D eigenvalue weighted by Crippen LogP contribution is 2.30. The molecule has 1 aliphatic carbocycles. The molecule has 0 radical (unpaired) electrons. The van der Waals surface area contributed by atoms with Gasteiger partial charge in [-0.05, 0) is 25.3 Å². The molecule has 1 aromatic carbocycles. The topological polar surface area (TPSA) is 44.2 Å². The summed E-state index contributed by atoms with van der Waals surface area (Å²) in [6, 6.07) is 7.77. The molecule has 0 spiro atoms. The van der Waals surface area contributed by atoms with Crippen LogP contribution in [0.1, 0.15) is 25.7 Å². The molecule has 0 amide bonds. The van der Waals surface area contributed by atoms with Crippen molar-refractivity contribution in [1.82, 2.24) is 10.2 Å². The molecular formula is C15H17ClN2O2. The van der Waals surface area contributed by atoms with Crippen LogP contribution in [0.25, 0.3) is 10.8 Å². The lowest BCUT2D eigenvalue weighted by Gasteiger charge is -2.28. The zero-order valence-electron chi connectivity index (χ0n) is 11.4. The van der Waals surface area contributed by atoms with E-state index in [1.165, 1.54) is 0 Å². The molecule has 1 saturated carbocycles. The lowest BCUT2D eigenvalue weighted by molar-refractivity contribution is 0.0198. The van der Waals surface area contributed by atoms with E-state index in [0.29, 0.717) is 11.0 Å². The Morgan fingerprint density at radius 2 is 1.85 bits per heavy atom. The normalized spacial score (nSPS) is 22.9. The zero-order valence-corrected chi connectivity index (χ0v) is 12.1. The van der Waals surface area contributed by atoms with Gasteiger partial charge in [0, 0.05) is 24.3 Å². The number of nitrogens with zero attached hydrogens (tertiary/aromatic N) is 2. The Kier molecular flexibility index (Phi) is 4.03. The monoisotopic (exact) mass is 292 g/mol. The average Bonchev–Trinajstić information content (AvgIpc) is 2.51. The van der Waals surface area contributed by atoms with Crippen LogP contribution in [0.5, 0.6) is 5.88 Å². The Bertz CT molecular complexity index is 605. The van der Waals surface area contributed by atoms with Gasteiger partial charge in [0.05, 0.1) is 6.10 Å². The smallest absolute Gasteiger partial charge is 0.241 e. The maximum atomic E-state index is 6.07. The number of ether oxygens (including phenoxy) is 2. The van der Waals surface area contributed by atoms with Gasteiger partial charge in [-0.2, -0.15) is 0 Å². The molecule has 4 nitrogen and oxygen atoms in total. The van der Waals surface area contributed by atoms with Crippen molar-refractivity contribution in [3.8, 4) is 5.88 Å². The first-order valence-corrected chi connectivity index (χ1v) is 7.26. The predicted molar refractivity (Wildman–Crippen MR) is 78.2 cm³/mol. The molecule has 0 N–H and O–H groups in total. The zero-order chi connectivity index (χ0) is 13.9. The molecule has 1 aromatic heterocycles. The third-order valence-corrected chi connectivity index (χ3v) is 4.08. The molecule has 20 heavy (non-hydrogen) atoms. The molecular weight excluding hydrogens is 276 g/mol. The minimum absolute atomic E-state index is 0.132. The SMILES string of the molecule is COC1CCCC(Oc2nnc(Cl)c3ccccc23)C1. The van der Waals surface area contributed by atoms with E-state index < -0.39 is 0 Å². The molecule has 5 heteroatoms. The van der Waals surface area contributed by atoms with Gasteiger partial charge in [-0.1, -0.05) is 29.8 Å². The summed E-state index contributed by atoms with van der Waals surface area (Å²) in [6.45, 7) is 0. The van der Waals surface area contributed by atoms with Crippen LogP contribution in [0.15, 0.2) is 24.3 Å². The summed E-state index contributed by atoms with van der Waals surface area (Å²) < 4.78 is 11.5. The summed E-state index contributed by atoms with van der Waals surface area (Å²) in [7, 11) is 1.75. The molecule has 2 atom stereocenters. The van der Waals surface area contributed by atoms with Gasteiger partial charge < -0.3 is 9.47 Å². The molecule has 1 aliphatic rings. The third kappa shape index (κ3) is 2.72. The van der Waals surface area contributed by atoms with Gasteiger partial charge in [0.2, 0.25) is 5.88 Å². The summed E-state index contributed by atoms with van der Waals surface area (Å²) in [4.78, 5) is 0. The van der Waals surface area contributed by atoms with Crippen LogP contribution in [0.4, 0.5) is 0 Å². The van der Waals surface area contributed by atoms with E-state index in [1.54, 1.807) is 7.11 Å². The number of hydrogen-bond acceptors (Lipinski definition) is 4. The van der Waals surface area contributed by atoms with Crippen molar-refractivity contribution in [3.63, 3.8) is 0 Å². The summed E-state index contributed by atoms with van der Waals surface area (Å²) in [5.41, 5.74) is 0. The quantitative estimate of drug-likeness (QED) is 0.867. The highest BCUT2D eigenvalue weighted by Gasteiger charge is 2.24. The van der Waals surface area contributed by atoms with E-state index >= 15 is 0 Å². The molecule has 2 aromatic rings. The highest BCUT2D eigenvalue weighted by molar-refractivity contribution is 6.34. The minimum Gasteiger partial charge on any atom is -0.473 e. The Morgan fingerprint density at radius 1 is 1.10 bits per heavy atom. The molecule has 2 unspecified atom stereocenters. The van der Waals surface area contributed by atoms with Crippen LogP contribution in [-0.2, 0) is 4.74 Å². The lowest BCUT2D eigenvalue weighted by Crippen LogP contribution is -2.29. The van der Waals surface area contributed by atoms with Crippen molar-refractivity contribution in [2.45, 2.75) is 37.9 Å². The van der Waals surface area contributed by atoms with E-state index in [1.807, 2.05) is 24.3 Å². The Labute approximate surface area is 123 Å². The average molecular weight is 293 g/mol. The van der Waals surface area contributed by atoms with Crippen molar-refractivity contribution < 1.29 is 9.47 Å². The number of methoxy groups -OCH3 is 1. The second-order valence-corrected chi connectivity index (χ2v) is 5.46. The van der Waals surface area contributed by atoms with Crippen LogP contribution in [0.2, 0.25) is 5.15 Å². The molecule has 1 heterocycles. The van der Waals surface area contributed by atoms with E-state index in [-0.39, 0.29) is 12.2 Å². The summed E-state index contributed by atoms with van der Waals surface area (Å²) >= 11 is 6.07. The Balaban J connectivity index is 1.86. The number of halogens is 1. The molecule has 0 aliphatic heterocycles. The van der Waals surface area contributed by atoms with Gasteiger partial charge >= 0.3 is 0 Å². The number of benzene rings is 1. The maximum absolute atomic E-state index is 6.07. The number of aromatic nitrogens is 2. The van der Waals surface area contributed by atoms with Crippen molar-refractivity contribution in [2.24, 2.45) is 0 Å². The van der Waals surface area contributed by atoms with Crippen LogP contribution in [-0.4, -0.2) is 29.5 Å². The standard InChI is InChI=1S/C15H17ClN2O2/c1-19-10-5-4-6-11(9-10)20-15-13-8-3-2-7-12(13)14(16)17-18-15/h2-3,7-8,10-11H,4-6,9H2,1H3. The van der Waals surface area contributed by atoms with Crippen molar-refractivity contribution in [1.29, 1.82) is 0 Å². The second-order valence-electron chi connectivity index (χ2n) is 5.11. The van der Waals surface area contributed by atoms with Gasteiger partial charge in [0.25, 0.3) is 0 Å². The number of hydrogen-bond donors (Lipinski definition) is 0. The van der Waals surface area contributed by atoms with Crippen LogP contribution in [0.3, 0.4) is 0 Å². The summed E-state index contributed by atoms with van der Waals surface area (Å²) in [5.74, 6) is 0.562. The maximum Gasteiger partial charge on any atom is 0.241 e. The van der Waals surface area contributed by atoms with Gasteiger partial charge in [0.1, 0.15) is 6.10 Å². The van der Waals surface area contributed by atoms with Gasteiger partial charge in [-0.3, -0.25) is 0 Å². The first kappa shape index (κ1) is 13.6. The molecule has 1 fully saturated rings. The molecule has 0 bridgehead atoms. The molecule has 3 rings (SSSR count). The summed E-state index contributed by atoms with van der Waals surface area (Å²) in [5, 5.41) is 10.3. The van der Waals surface area contributed by atoms with Gasteiger partial charge in [-0.25, -0.2) is 0 Å². The molecule has 0 saturated heterocycles. The highest BCUT2D eigenvalue weighted by atomic mass is 35.5. The first-order valence-electron chi connectivity index (χ1n) is 6.88. The second kappa shape index (κ2) is 5.94. The van der Waals surface area contributed by atoms with Crippen LogP contribution >= 0.6 is 11.6 Å². The van der Waals surface area contributed by atoms with Crippen molar-refractivity contribution >= 4 is 22.4 Å². The van der Waals surface area contributed by atoms with Crippen molar-refractivity contribution in [2.75, 3.05) is 7.11 Å². The summed E-state index contributed by atoms with van der Waals surface area (Å²) in [6.07, 6.45) is 4.55. The molecule has 106 valence electrons. The minimum atomic E-state index is 0.132. The van der Waals surface area contributed by atoms with Crippen LogP contribution in [0, 0.1) is 0 Å². The number of fused-ring (bicyclic) bond motifs is 1. The third-order valence-electron chi connectivity index (χ3n) is 3.80. The Hall–Kier alpha value is -1.39. The first-order chi connectivity index (χ1) is 9.78. The predicted octanol–water partition coefficient (Wildman–Crippen LogP) is 3.62. The van der Waals surface area contributed by atoms with E-state index in [4.69, 9.17) is 21.1 Å². The van der Waals surface area contributed by atoms with E-state index in [0.717, 1.165) is 36.5 Å². The number of rotatable bonds is 3. The van der Waals surface area contributed by atoms with Crippen molar-refractivity contribution in [3.05, 3.63) is 29.4 Å². The Morgan fingerprint density at radius 3 is 2.65 bits per heavy atom. The lowest BCUT2D eigenvalue weighted by atomic mass is 9.95. The van der Waals surface area contributed by atoms with Crippen LogP contribution < -0.4 is 4.74 Å². The van der Waals surface area contributed by atoms with E-state index in [9.17, 15) is 0 Å². The largest absolute Gasteiger partial charge is 0.473 e. The van der Waals surface area contributed by atoms with E-state index in [2.05, 4.69) is 10.2 Å². The van der Waals surface area contributed by atoms with Gasteiger partial charge in [-0.15, -0.1) is 10.2 Å². The fraction of sp³-hybridized carbons (Fsp3) is 0.467. The van der Waals surface area contributed by atoms with Gasteiger partial charge in [0.15, 0.2) is 5.15 Å².